The van der Waals surface area contributed by atoms with Crippen molar-refractivity contribution in [2.45, 2.75) is 27.3 Å². The fourth-order valence-electron chi connectivity index (χ4n) is 1.69. The lowest BCUT2D eigenvalue weighted by molar-refractivity contribution is 0.867. The molecule has 0 spiro atoms. The number of amidine groups is 2. The molecule has 0 fully saturated rings. The van der Waals surface area contributed by atoms with E-state index in [1.807, 2.05) is 24.3 Å². The summed E-state index contributed by atoms with van der Waals surface area (Å²) in [6, 6.07) is 7.51. The molecule has 1 aromatic rings. The van der Waals surface area contributed by atoms with Gasteiger partial charge in [-0.1, -0.05) is 24.3 Å². The average Bonchev–Trinajstić information content (AvgIpc) is 2.72. The Balaban J connectivity index is 2.55. The summed E-state index contributed by atoms with van der Waals surface area (Å²) in [5, 5.41) is 22.5. The molecule has 0 atom stereocenters. The van der Waals surface area contributed by atoms with Crippen molar-refractivity contribution < 1.29 is 0 Å². The van der Waals surface area contributed by atoms with Gasteiger partial charge in [0.05, 0.1) is 11.4 Å². The van der Waals surface area contributed by atoms with Crippen molar-refractivity contribution in [2.75, 3.05) is 7.05 Å². The fraction of sp³-hybridized carbons (Fsp3) is 0.294. The van der Waals surface area contributed by atoms with E-state index in [1.54, 1.807) is 27.8 Å². The van der Waals surface area contributed by atoms with Gasteiger partial charge in [0, 0.05) is 19.2 Å². The van der Waals surface area contributed by atoms with Crippen molar-refractivity contribution in [3.63, 3.8) is 0 Å². The highest BCUT2D eigenvalue weighted by molar-refractivity contribution is 7.80. The number of hydrazone groups is 2. The number of thiocarbonyl (C=S) groups is 2. The topological polar surface area (TPSA) is 150 Å². The van der Waals surface area contributed by atoms with Gasteiger partial charge in [0.25, 0.3) is 0 Å². The van der Waals surface area contributed by atoms with Crippen LogP contribution in [0.4, 0.5) is 0 Å². The SMILES string of the molecule is CNC(=S)N/N=C(C)/C(C)=N/NC(=S)NCc1ccc(/C(N)=N/N=C(/C)N)cc1. The molecule has 0 saturated heterocycles. The van der Waals surface area contributed by atoms with Crippen LogP contribution in [-0.4, -0.2) is 40.4 Å². The molecule has 12 heteroatoms. The van der Waals surface area contributed by atoms with E-state index in [0.29, 0.717) is 39.9 Å². The predicted octanol–water partition coefficient (Wildman–Crippen LogP) is 0.494. The van der Waals surface area contributed by atoms with Gasteiger partial charge in [-0.15, -0.1) is 10.2 Å². The van der Waals surface area contributed by atoms with Gasteiger partial charge in [0.15, 0.2) is 16.1 Å². The molecule has 0 heterocycles. The summed E-state index contributed by atoms with van der Waals surface area (Å²) in [4.78, 5) is 0. The first-order chi connectivity index (χ1) is 13.7. The van der Waals surface area contributed by atoms with Crippen LogP contribution >= 0.6 is 24.4 Å². The zero-order valence-corrected chi connectivity index (χ0v) is 18.4. The third kappa shape index (κ3) is 9.58. The van der Waals surface area contributed by atoms with E-state index in [4.69, 9.17) is 35.9 Å². The Hall–Kier alpha value is -3.12. The van der Waals surface area contributed by atoms with Gasteiger partial charge in [-0.3, -0.25) is 10.9 Å². The van der Waals surface area contributed by atoms with Crippen molar-refractivity contribution in [3.05, 3.63) is 35.4 Å². The zero-order chi connectivity index (χ0) is 21.8. The zero-order valence-electron chi connectivity index (χ0n) is 16.8. The summed E-state index contributed by atoms with van der Waals surface area (Å²) in [7, 11) is 1.71. The minimum absolute atomic E-state index is 0.290. The van der Waals surface area contributed by atoms with E-state index >= 15 is 0 Å². The van der Waals surface area contributed by atoms with Gasteiger partial charge < -0.3 is 22.1 Å². The molecule has 0 amide bonds. The lowest BCUT2D eigenvalue weighted by Crippen LogP contribution is -2.33. The van der Waals surface area contributed by atoms with E-state index in [-0.39, 0.29) is 0 Å². The average molecular weight is 435 g/mol. The second kappa shape index (κ2) is 12.4. The molecule has 0 aromatic heterocycles. The van der Waals surface area contributed by atoms with E-state index in [9.17, 15) is 0 Å². The third-order valence-corrected chi connectivity index (χ3v) is 3.95. The fourth-order valence-corrected chi connectivity index (χ4v) is 1.86. The number of nitrogens with two attached hydrogens (primary N) is 2. The molecule has 10 nitrogen and oxygen atoms in total. The molecule has 0 bridgehead atoms. The summed E-state index contributed by atoms with van der Waals surface area (Å²) < 4.78 is 0. The lowest BCUT2D eigenvalue weighted by atomic mass is 10.1. The predicted molar refractivity (Wildman–Crippen MR) is 128 cm³/mol. The van der Waals surface area contributed by atoms with E-state index in [2.05, 4.69) is 41.9 Å². The van der Waals surface area contributed by atoms with Gasteiger partial charge in [0.1, 0.15) is 5.84 Å². The number of nitrogens with one attached hydrogen (secondary N) is 4. The highest BCUT2D eigenvalue weighted by atomic mass is 32.1. The summed E-state index contributed by atoms with van der Waals surface area (Å²) in [6.45, 7) is 5.76. The van der Waals surface area contributed by atoms with Crippen LogP contribution in [0.3, 0.4) is 0 Å². The second-order valence-electron chi connectivity index (χ2n) is 5.80. The Morgan fingerprint density at radius 3 is 1.97 bits per heavy atom. The first-order valence-corrected chi connectivity index (χ1v) is 9.37. The molecule has 8 N–H and O–H groups in total. The number of nitrogens with zero attached hydrogens (tertiary/aromatic N) is 4. The Morgan fingerprint density at radius 1 is 0.897 bits per heavy atom. The first-order valence-electron chi connectivity index (χ1n) is 8.56. The Kier molecular flexibility index (Phi) is 10.2. The van der Waals surface area contributed by atoms with Crippen LogP contribution in [0.15, 0.2) is 44.7 Å². The number of benzene rings is 1. The van der Waals surface area contributed by atoms with Crippen molar-refractivity contribution >= 4 is 57.8 Å². The summed E-state index contributed by atoms with van der Waals surface area (Å²) in [5.74, 6) is 0.630. The summed E-state index contributed by atoms with van der Waals surface area (Å²) in [5.41, 5.74) is 19.9. The van der Waals surface area contributed by atoms with Crippen LogP contribution in [0.2, 0.25) is 0 Å². The molecular formula is C17H26N10S2. The van der Waals surface area contributed by atoms with Crippen LogP contribution in [-0.2, 0) is 6.54 Å². The van der Waals surface area contributed by atoms with E-state index in [0.717, 1.165) is 11.1 Å². The van der Waals surface area contributed by atoms with E-state index in [1.165, 1.54) is 0 Å². The standard InChI is InChI=1S/C17H26N10S2/c1-10(22-26-16(28)20-4)11(2)23-27-17(29)21-9-13-5-7-14(8-6-13)15(19)25-24-12(3)18/h5-8H,9H2,1-4H3,(H2,18,24)(H2,19,25)(H2,20,26,28)(H2,21,27,29)/b22-10+,23-11+. The van der Waals surface area contributed by atoms with Crippen LogP contribution in [0.5, 0.6) is 0 Å². The van der Waals surface area contributed by atoms with Crippen LogP contribution in [0, 0.1) is 0 Å². The van der Waals surface area contributed by atoms with Crippen LogP contribution < -0.4 is 33.0 Å². The van der Waals surface area contributed by atoms with Crippen molar-refractivity contribution in [1.82, 2.24) is 21.5 Å². The van der Waals surface area contributed by atoms with Gasteiger partial charge in [0.2, 0.25) is 0 Å². The monoisotopic (exact) mass is 434 g/mol. The van der Waals surface area contributed by atoms with Gasteiger partial charge in [-0.05, 0) is 50.8 Å². The molecule has 29 heavy (non-hydrogen) atoms. The molecule has 0 unspecified atom stereocenters. The highest BCUT2D eigenvalue weighted by Crippen LogP contribution is 2.04. The Morgan fingerprint density at radius 2 is 1.45 bits per heavy atom. The summed E-state index contributed by atoms with van der Waals surface area (Å²) >= 11 is 10.2. The minimum Gasteiger partial charge on any atom is -0.386 e. The second-order valence-corrected chi connectivity index (χ2v) is 6.62. The maximum atomic E-state index is 5.86. The Bertz CT molecular complexity index is 836. The largest absolute Gasteiger partial charge is 0.386 e. The molecule has 0 aliphatic rings. The normalized spacial score (nSPS) is 13.0. The quantitative estimate of drug-likeness (QED) is 0.157. The number of rotatable bonds is 7. The molecule has 0 saturated carbocycles. The number of hydrogen-bond acceptors (Lipinski definition) is 6. The maximum Gasteiger partial charge on any atom is 0.187 e. The molecule has 0 aliphatic carbocycles. The molecule has 1 aromatic carbocycles. The van der Waals surface area contributed by atoms with Crippen LogP contribution in [0.1, 0.15) is 31.9 Å². The van der Waals surface area contributed by atoms with Gasteiger partial charge in [-0.2, -0.15) is 10.2 Å². The molecule has 156 valence electrons. The van der Waals surface area contributed by atoms with Gasteiger partial charge in [-0.25, -0.2) is 0 Å². The molecule has 0 radical (unpaired) electrons. The van der Waals surface area contributed by atoms with Crippen LogP contribution in [0.25, 0.3) is 0 Å². The lowest BCUT2D eigenvalue weighted by Gasteiger charge is -2.09. The maximum absolute atomic E-state index is 5.86. The van der Waals surface area contributed by atoms with E-state index < -0.39 is 0 Å². The molecular weight excluding hydrogens is 408 g/mol. The van der Waals surface area contributed by atoms with Gasteiger partial charge >= 0.3 is 0 Å². The molecule has 1 rings (SSSR count). The van der Waals surface area contributed by atoms with Crippen molar-refractivity contribution in [3.8, 4) is 0 Å². The van der Waals surface area contributed by atoms with Crippen molar-refractivity contribution in [2.24, 2.45) is 31.9 Å². The molecule has 0 aliphatic heterocycles. The summed E-state index contributed by atoms with van der Waals surface area (Å²) in [6.07, 6.45) is 0. The van der Waals surface area contributed by atoms with Crippen molar-refractivity contribution in [1.29, 1.82) is 0 Å². The number of hydrogen-bond donors (Lipinski definition) is 6. The minimum atomic E-state index is 0.290. The highest BCUT2D eigenvalue weighted by Gasteiger charge is 2.02. The third-order valence-electron chi connectivity index (χ3n) is 3.42. The Labute approximate surface area is 181 Å². The first kappa shape index (κ1) is 23.9. The smallest absolute Gasteiger partial charge is 0.187 e.